The van der Waals surface area contributed by atoms with Gasteiger partial charge in [-0.1, -0.05) is 146 Å². The Kier molecular flexibility index (Phi) is 8.39. The lowest BCUT2D eigenvalue weighted by atomic mass is 10.0. The van der Waals surface area contributed by atoms with E-state index in [9.17, 15) is 0 Å². The molecule has 0 N–H and O–H groups in total. The van der Waals surface area contributed by atoms with Crippen LogP contribution in [0.3, 0.4) is 0 Å². The third kappa shape index (κ3) is 6.05. The van der Waals surface area contributed by atoms with Crippen molar-refractivity contribution in [3.05, 3.63) is 224 Å². The Bertz CT molecular complexity index is 3870. The highest BCUT2D eigenvalue weighted by atomic mass is 15.2. The zero-order valence-electron chi connectivity index (χ0n) is 35.0. The Labute approximate surface area is 373 Å². The molecule has 0 fully saturated rings. The van der Waals surface area contributed by atoms with Crippen molar-refractivity contribution >= 4 is 54.6 Å². The molecule has 0 aliphatic rings. The topological polar surface area (TPSA) is 66.3 Å². The predicted molar refractivity (Wildman–Crippen MR) is 265 cm³/mol. The van der Waals surface area contributed by atoms with E-state index in [1.807, 2.05) is 66.7 Å². The zero-order chi connectivity index (χ0) is 42.8. The third-order valence-electron chi connectivity index (χ3n) is 12.5. The highest BCUT2D eigenvalue weighted by Gasteiger charge is 2.22. The van der Waals surface area contributed by atoms with E-state index in [0.29, 0.717) is 17.5 Å². The van der Waals surface area contributed by atoms with Crippen molar-refractivity contribution in [2.45, 2.75) is 0 Å². The van der Waals surface area contributed by atoms with Crippen LogP contribution in [0.4, 0.5) is 0 Å². The molecule has 0 saturated heterocycles. The molecule has 0 radical (unpaired) electrons. The van der Waals surface area contributed by atoms with Crippen LogP contribution in [0.25, 0.3) is 117 Å². The number of rotatable bonds is 7. The van der Waals surface area contributed by atoms with Gasteiger partial charge in [-0.05, 0) is 90.0 Å². The fourth-order valence-electron chi connectivity index (χ4n) is 9.50. The number of nitrogens with zero attached hydrogens (tertiary/aromatic N) is 7. The summed E-state index contributed by atoms with van der Waals surface area (Å²) in [7, 11) is 0. The highest BCUT2D eigenvalue weighted by molar-refractivity contribution is 6.12. The molecular formula is C58H37N7. The van der Waals surface area contributed by atoms with E-state index in [-0.39, 0.29) is 0 Å². The van der Waals surface area contributed by atoms with Crippen LogP contribution in [0.1, 0.15) is 0 Å². The second-order valence-corrected chi connectivity index (χ2v) is 16.3. The van der Waals surface area contributed by atoms with Crippen molar-refractivity contribution in [3.8, 4) is 62.6 Å². The molecule has 0 atom stereocenters. The van der Waals surface area contributed by atoms with Gasteiger partial charge in [-0.3, -0.25) is 9.13 Å². The first-order valence-electron chi connectivity index (χ1n) is 21.8. The molecule has 9 aromatic carbocycles. The van der Waals surface area contributed by atoms with E-state index in [0.717, 1.165) is 72.4 Å². The van der Waals surface area contributed by atoms with E-state index in [1.54, 1.807) is 0 Å². The quantitative estimate of drug-likeness (QED) is 0.160. The first-order valence-corrected chi connectivity index (χ1v) is 21.8. The van der Waals surface area contributed by atoms with Crippen LogP contribution in [0.15, 0.2) is 224 Å². The first kappa shape index (κ1) is 36.7. The van der Waals surface area contributed by atoms with E-state index in [1.165, 1.54) is 27.4 Å². The van der Waals surface area contributed by atoms with E-state index < -0.39 is 0 Å². The van der Waals surface area contributed by atoms with Crippen molar-refractivity contribution in [2.24, 2.45) is 0 Å². The Balaban J connectivity index is 0.992. The Morgan fingerprint density at radius 1 is 0.246 bits per heavy atom. The average Bonchev–Trinajstić information content (AvgIpc) is 4.04. The fourth-order valence-corrected chi connectivity index (χ4v) is 9.50. The molecule has 0 bridgehead atoms. The molecule has 4 aromatic heterocycles. The molecule has 65 heavy (non-hydrogen) atoms. The molecule has 0 saturated carbocycles. The van der Waals surface area contributed by atoms with Crippen LogP contribution in [-0.2, 0) is 0 Å². The molecule has 0 aliphatic heterocycles. The average molecular weight is 832 g/mol. The van der Waals surface area contributed by atoms with E-state index in [2.05, 4.69) is 171 Å². The molecule has 0 spiro atoms. The van der Waals surface area contributed by atoms with Gasteiger partial charge in [0.1, 0.15) is 0 Å². The summed E-state index contributed by atoms with van der Waals surface area (Å²) in [5.74, 6) is 2.63. The van der Waals surface area contributed by atoms with Gasteiger partial charge in [0.05, 0.1) is 33.1 Å². The van der Waals surface area contributed by atoms with Crippen LogP contribution in [0, 0.1) is 0 Å². The number of hydrogen-bond acceptors (Lipinski definition) is 4. The summed E-state index contributed by atoms with van der Waals surface area (Å²) in [4.78, 5) is 20.5. The minimum Gasteiger partial charge on any atom is -0.309 e. The van der Waals surface area contributed by atoms with Gasteiger partial charge in [-0.25, -0.2) is 19.9 Å². The molecule has 304 valence electrons. The Hall–Kier alpha value is -8.94. The molecule has 7 nitrogen and oxygen atoms in total. The number of benzene rings is 9. The summed E-state index contributed by atoms with van der Waals surface area (Å²) in [5, 5.41) is 4.78. The predicted octanol–water partition coefficient (Wildman–Crippen LogP) is 14.1. The van der Waals surface area contributed by atoms with Crippen LogP contribution < -0.4 is 0 Å². The van der Waals surface area contributed by atoms with Crippen molar-refractivity contribution in [3.63, 3.8) is 0 Å². The van der Waals surface area contributed by atoms with Gasteiger partial charge in [0.2, 0.25) is 5.95 Å². The number of fused-ring (bicyclic) bond motifs is 7. The van der Waals surface area contributed by atoms with Gasteiger partial charge in [0.25, 0.3) is 0 Å². The minimum atomic E-state index is 0.592. The first-order chi connectivity index (χ1) is 32.2. The van der Waals surface area contributed by atoms with Crippen molar-refractivity contribution < 1.29 is 0 Å². The van der Waals surface area contributed by atoms with Gasteiger partial charge >= 0.3 is 0 Å². The Morgan fingerprint density at radius 2 is 0.662 bits per heavy atom. The summed E-state index contributed by atoms with van der Waals surface area (Å²) in [6.07, 6.45) is 0. The number of imidazole rings is 1. The molecule has 13 rings (SSSR count). The molecule has 0 amide bonds. The van der Waals surface area contributed by atoms with Gasteiger partial charge in [-0.2, -0.15) is 0 Å². The number of aromatic nitrogens is 7. The van der Waals surface area contributed by atoms with E-state index >= 15 is 0 Å². The van der Waals surface area contributed by atoms with Crippen molar-refractivity contribution in [1.29, 1.82) is 0 Å². The van der Waals surface area contributed by atoms with Crippen molar-refractivity contribution in [1.82, 2.24) is 33.6 Å². The van der Waals surface area contributed by atoms with Crippen LogP contribution in [0.5, 0.6) is 0 Å². The normalized spacial score (nSPS) is 11.7. The summed E-state index contributed by atoms with van der Waals surface area (Å²) >= 11 is 0. The maximum absolute atomic E-state index is 5.44. The Morgan fingerprint density at radius 3 is 1.22 bits per heavy atom. The smallest absolute Gasteiger partial charge is 0.220 e. The van der Waals surface area contributed by atoms with Gasteiger partial charge in [0.15, 0.2) is 17.5 Å². The van der Waals surface area contributed by atoms with Crippen LogP contribution in [0.2, 0.25) is 0 Å². The summed E-state index contributed by atoms with van der Waals surface area (Å²) in [6.45, 7) is 0. The second-order valence-electron chi connectivity index (χ2n) is 16.3. The molecule has 7 heteroatoms. The lowest BCUT2D eigenvalue weighted by Gasteiger charge is -2.13. The summed E-state index contributed by atoms with van der Waals surface area (Å²) in [5.41, 5.74) is 13.5. The fraction of sp³-hybridized carbons (Fsp3) is 0. The molecule has 13 aromatic rings. The summed E-state index contributed by atoms with van der Waals surface area (Å²) in [6, 6.07) is 78.6. The standard InChI is InChI=1S/C58H37N7/c1-5-17-38(18-6-1)55-60-56(39-19-7-2-8-20-39)62-57(61-55)42-29-32-49-54(37-42)64(44-23-11-4-12-24-44)58(59-49)65-51-28-16-14-26-46(51)48-36-41(31-34-53(48)65)40-30-33-52-47(35-40)45-25-13-15-27-50(45)63(52)43-21-9-3-10-22-43/h1-37H. The zero-order valence-corrected chi connectivity index (χ0v) is 35.0. The maximum Gasteiger partial charge on any atom is 0.220 e. The number of hydrogen-bond donors (Lipinski definition) is 0. The third-order valence-corrected chi connectivity index (χ3v) is 12.5. The van der Waals surface area contributed by atoms with Crippen LogP contribution >= 0.6 is 0 Å². The molecule has 4 heterocycles. The highest BCUT2D eigenvalue weighted by Crippen LogP contribution is 2.39. The van der Waals surface area contributed by atoms with Crippen LogP contribution in [-0.4, -0.2) is 33.6 Å². The van der Waals surface area contributed by atoms with Gasteiger partial charge in [-0.15, -0.1) is 0 Å². The molecule has 0 aliphatic carbocycles. The molecule has 0 unspecified atom stereocenters. The largest absolute Gasteiger partial charge is 0.309 e. The maximum atomic E-state index is 5.44. The lowest BCUT2D eigenvalue weighted by molar-refractivity contribution is 0.955. The SMILES string of the molecule is c1ccc(-c2nc(-c3ccccc3)nc(-c3ccc4nc(-n5c6ccccc6c6cc(-c7ccc8c(c7)c7ccccc7n8-c7ccccc7)ccc65)n(-c5ccccc5)c4c3)n2)cc1. The second kappa shape index (κ2) is 14.9. The number of para-hydroxylation sites is 4. The lowest BCUT2D eigenvalue weighted by Crippen LogP contribution is -2.05. The molecular weight excluding hydrogens is 795 g/mol. The summed E-state index contributed by atoms with van der Waals surface area (Å²) < 4.78 is 6.93. The van der Waals surface area contributed by atoms with E-state index in [4.69, 9.17) is 19.9 Å². The minimum absolute atomic E-state index is 0.592. The monoisotopic (exact) mass is 831 g/mol. The van der Waals surface area contributed by atoms with Crippen molar-refractivity contribution in [2.75, 3.05) is 0 Å². The van der Waals surface area contributed by atoms with Gasteiger partial charge < -0.3 is 4.57 Å². The van der Waals surface area contributed by atoms with Gasteiger partial charge in [0, 0.05) is 49.6 Å².